The van der Waals surface area contributed by atoms with E-state index in [1.165, 1.54) is 17.3 Å². The van der Waals surface area contributed by atoms with E-state index in [0.29, 0.717) is 49.4 Å². The van der Waals surface area contributed by atoms with Gasteiger partial charge in [-0.2, -0.15) is 0 Å². The van der Waals surface area contributed by atoms with E-state index in [1.807, 2.05) is 115 Å². The van der Waals surface area contributed by atoms with Gasteiger partial charge in [0.1, 0.15) is 18.3 Å². The zero-order valence-electron chi connectivity index (χ0n) is 32.6. The molecule has 7 heteroatoms. The van der Waals surface area contributed by atoms with E-state index in [9.17, 15) is 5.11 Å². The first-order valence-electron chi connectivity index (χ1n) is 19.7. The fourth-order valence-electron chi connectivity index (χ4n) is 7.26. The Kier molecular flexibility index (Phi) is 14.3. The van der Waals surface area contributed by atoms with Gasteiger partial charge < -0.3 is 24.1 Å². The van der Waals surface area contributed by atoms with Gasteiger partial charge in [0.15, 0.2) is 4.93 Å². The van der Waals surface area contributed by atoms with Gasteiger partial charge in [-0.1, -0.05) is 183 Å². The van der Waals surface area contributed by atoms with Gasteiger partial charge in [-0.05, 0) is 62.9 Å². The summed E-state index contributed by atoms with van der Waals surface area (Å²) in [5.74, 6) is 0.443. The van der Waals surface area contributed by atoms with Crippen LogP contribution < -0.4 is 0 Å². The highest BCUT2D eigenvalue weighted by Crippen LogP contribution is 2.51. The second-order valence-electron chi connectivity index (χ2n) is 15.0. The molecule has 5 atom stereocenters. The van der Waals surface area contributed by atoms with Crippen molar-refractivity contribution in [3.05, 3.63) is 213 Å². The lowest BCUT2D eigenvalue weighted by Crippen LogP contribution is -2.61. The molecule has 1 unspecified atom stereocenters. The molecular formula is C50H51ClO5S. The van der Waals surface area contributed by atoms with Gasteiger partial charge >= 0.3 is 0 Å². The molecule has 0 bridgehead atoms. The minimum Gasteiger partial charge on any atom is -0.376 e. The maximum atomic E-state index is 13.4. The third-order valence-electron chi connectivity index (χ3n) is 10.4. The molecule has 57 heavy (non-hydrogen) atoms. The first kappa shape index (κ1) is 40.9. The van der Waals surface area contributed by atoms with Crippen molar-refractivity contribution in [1.82, 2.24) is 0 Å². The minimum absolute atomic E-state index is 0.267. The lowest BCUT2D eigenvalue weighted by atomic mass is 9.91. The quantitative estimate of drug-likeness (QED) is 0.0992. The highest BCUT2D eigenvalue weighted by Gasteiger charge is 2.56. The zero-order valence-corrected chi connectivity index (χ0v) is 34.2. The lowest BCUT2D eigenvalue weighted by molar-refractivity contribution is -0.199. The SMILES string of the molecule is CC(C)c1ccc(Cc2cc(C3(O)S[C@H](COCc4ccccc4)[C@@H](OCc4ccccc4)[C@H](OCc4ccccc4)[C@H]3OCc3ccccc3)ccc2Cl)cc1. The largest absolute Gasteiger partial charge is 0.376 e. The molecule has 6 aromatic rings. The normalized spacial score (nSPS) is 20.8. The summed E-state index contributed by atoms with van der Waals surface area (Å²) in [5.41, 5.74) is 8.15. The van der Waals surface area contributed by atoms with Gasteiger partial charge in [0.05, 0.1) is 38.3 Å². The maximum absolute atomic E-state index is 13.4. The molecule has 0 spiro atoms. The summed E-state index contributed by atoms with van der Waals surface area (Å²) < 4.78 is 27.2. The summed E-state index contributed by atoms with van der Waals surface area (Å²) >= 11 is 8.35. The maximum Gasteiger partial charge on any atom is 0.165 e. The van der Waals surface area contributed by atoms with Crippen LogP contribution in [0.15, 0.2) is 164 Å². The molecule has 0 aliphatic carbocycles. The molecule has 1 aliphatic heterocycles. The Morgan fingerprint density at radius 1 is 0.579 bits per heavy atom. The molecular weight excluding hydrogens is 748 g/mol. The van der Waals surface area contributed by atoms with Crippen LogP contribution in [0.2, 0.25) is 5.02 Å². The molecule has 1 N–H and O–H groups in total. The van der Waals surface area contributed by atoms with Gasteiger partial charge in [-0.25, -0.2) is 0 Å². The molecule has 6 aromatic carbocycles. The van der Waals surface area contributed by atoms with Crippen molar-refractivity contribution in [2.75, 3.05) is 6.61 Å². The van der Waals surface area contributed by atoms with Crippen LogP contribution in [0.25, 0.3) is 0 Å². The van der Waals surface area contributed by atoms with E-state index in [1.54, 1.807) is 0 Å². The summed E-state index contributed by atoms with van der Waals surface area (Å²) in [6.07, 6.45) is -1.45. The standard InChI is InChI=1S/C50H51ClO5S/c1-36(2)42-25-23-37(24-26-42)29-43-30-44(27-28-45(43)51)50(52)49(56-34-41-21-13-6-14-22-41)48(55-33-40-19-11-5-12-20-40)47(54-32-39-17-9-4-10-18-39)46(57-50)35-53-31-38-15-7-3-8-16-38/h3-28,30,36,46-49,52H,29,31-35H2,1-2H3/t46-,47-,48+,49-,50?/m1/s1. The van der Waals surface area contributed by atoms with Gasteiger partial charge in [-0.15, -0.1) is 11.8 Å². The molecule has 294 valence electrons. The number of thioether (sulfide) groups is 1. The Hall–Kier alpha value is -4.24. The highest BCUT2D eigenvalue weighted by atomic mass is 35.5. The molecule has 0 radical (unpaired) electrons. The number of aliphatic hydroxyl groups is 1. The molecule has 0 saturated carbocycles. The second-order valence-corrected chi connectivity index (χ2v) is 16.8. The molecule has 0 amide bonds. The predicted octanol–water partition coefficient (Wildman–Crippen LogP) is 11.3. The van der Waals surface area contributed by atoms with Crippen molar-refractivity contribution < 1.29 is 24.1 Å². The van der Waals surface area contributed by atoms with E-state index in [0.717, 1.165) is 33.4 Å². The van der Waals surface area contributed by atoms with Gasteiger partial charge in [-0.3, -0.25) is 0 Å². The fraction of sp³-hybridized carbons (Fsp3) is 0.280. The van der Waals surface area contributed by atoms with E-state index >= 15 is 0 Å². The van der Waals surface area contributed by atoms with Gasteiger partial charge in [0.25, 0.3) is 0 Å². The number of halogens is 1. The number of rotatable bonds is 17. The first-order chi connectivity index (χ1) is 27.9. The van der Waals surface area contributed by atoms with Crippen molar-refractivity contribution >= 4 is 23.4 Å². The van der Waals surface area contributed by atoms with Crippen LogP contribution >= 0.6 is 23.4 Å². The van der Waals surface area contributed by atoms with E-state index in [4.69, 9.17) is 30.5 Å². The van der Waals surface area contributed by atoms with Crippen LogP contribution in [0.5, 0.6) is 0 Å². The number of hydrogen-bond acceptors (Lipinski definition) is 6. The van der Waals surface area contributed by atoms with Crippen LogP contribution in [0.3, 0.4) is 0 Å². The minimum atomic E-state index is -1.58. The van der Waals surface area contributed by atoms with Crippen molar-refractivity contribution in [2.45, 2.75) is 81.1 Å². The summed E-state index contributed by atoms with van der Waals surface area (Å²) in [5, 5.41) is 13.7. The third-order valence-corrected chi connectivity index (χ3v) is 12.3. The Labute approximate surface area is 346 Å². The summed E-state index contributed by atoms with van der Waals surface area (Å²) in [7, 11) is 0. The Morgan fingerprint density at radius 2 is 1.07 bits per heavy atom. The first-order valence-corrected chi connectivity index (χ1v) is 21.0. The average Bonchev–Trinajstić information content (AvgIpc) is 3.24. The van der Waals surface area contributed by atoms with Crippen LogP contribution in [0.4, 0.5) is 0 Å². The van der Waals surface area contributed by atoms with Gasteiger partial charge in [0, 0.05) is 5.02 Å². The van der Waals surface area contributed by atoms with Crippen LogP contribution in [0, 0.1) is 0 Å². The van der Waals surface area contributed by atoms with Crippen LogP contribution in [-0.4, -0.2) is 35.3 Å². The number of ether oxygens (including phenoxy) is 4. The van der Waals surface area contributed by atoms with Crippen molar-refractivity contribution in [3.63, 3.8) is 0 Å². The van der Waals surface area contributed by atoms with E-state index in [-0.39, 0.29) is 11.9 Å². The van der Waals surface area contributed by atoms with Crippen molar-refractivity contribution in [2.24, 2.45) is 0 Å². The molecule has 5 nitrogen and oxygen atoms in total. The molecule has 0 aromatic heterocycles. The number of hydrogen-bond donors (Lipinski definition) is 1. The molecule has 1 aliphatic rings. The fourth-order valence-corrected chi connectivity index (χ4v) is 9.04. The lowest BCUT2D eigenvalue weighted by Gasteiger charge is -2.50. The van der Waals surface area contributed by atoms with Crippen LogP contribution in [-0.2, 0) is 56.7 Å². The average molecular weight is 799 g/mol. The van der Waals surface area contributed by atoms with Gasteiger partial charge in [0.2, 0.25) is 0 Å². The Bertz CT molecular complexity index is 2100. The summed E-state index contributed by atoms with van der Waals surface area (Å²) in [6.45, 7) is 6.05. The Balaban J connectivity index is 1.28. The Morgan fingerprint density at radius 3 is 1.60 bits per heavy atom. The molecule has 1 heterocycles. The topological polar surface area (TPSA) is 57.2 Å². The molecule has 1 saturated heterocycles. The van der Waals surface area contributed by atoms with E-state index < -0.39 is 23.2 Å². The molecule has 7 rings (SSSR count). The van der Waals surface area contributed by atoms with Crippen LogP contribution in [0.1, 0.15) is 64.3 Å². The number of benzene rings is 6. The monoisotopic (exact) mass is 798 g/mol. The summed E-state index contributed by atoms with van der Waals surface area (Å²) in [4.78, 5) is -1.58. The highest BCUT2D eigenvalue weighted by molar-refractivity contribution is 8.00. The smallest absolute Gasteiger partial charge is 0.165 e. The van der Waals surface area contributed by atoms with Crippen molar-refractivity contribution in [3.8, 4) is 0 Å². The third kappa shape index (κ3) is 10.8. The zero-order chi connectivity index (χ0) is 39.5. The van der Waals surface area contributed by atoms with Crippen molar-refractivity contribution in [1.29, 1.82) is 0 Å². The van der Waals surface area contributed by atoms with E-state index in [2.05, 4.69) is 62.4 Å². The second kappa shape index (κ2) is 20.0. The summed E-state index contributed by atoms with van der Waals surface area (Å²) in [6, 6.07) is 54.9. The predicted molar refractivity (Wildman–Crippen MR) is 231 cm³/mol. The molecule has 1 fully saturated rings.